The van der Waals surface area contributed by atoms with Crippen LogP contribution in [0.2, 0.25) is 5.28 Å². The van der Waals surface area contributed by atoms with Gasteiger partial charge in [0.05, 0.1) is 15.9 Å². The van der Waals surface area contributed by atoms with Gasteiger partial charge in [0.1, 0.15) is 4.83 Å². The van der Waals surface area contributed by atoms with E-state index in [1.807, 2.05) is 24.3 Å². The lowest BCUT2D eigenvalue weighted by atomic mass is 10.00. The average Bonchev–Trinajstić information content (AvgIpc) is 3.23. The van der Waals surface area contributed by atoms with Crippen LogP contribution in [0.15, 0.2) is 66.7 Å². The Morgan fingerprint density at radius 3 is 2.25 bits per heavy atom. The standard InChI is InChI=1S/C25H20ClN5S/c26-25-29-21-20-18(16-7-3-1-4-8-16)15-19(17-9-5-2-6-10-17)28-24(20)32-22(21)23(30-25)31-13-11-27-12-14-31/h1-10,15,27H,11-14H2. The summed E-state index contributed by atoms with van der Waals surface area (Å²) in [4.78, 5) is 17.6. The van der Waals surface area contributed by atoms with Crippen LogP contribution in [0.4, 0.5) is 5.82 Å². The van der Waals surface area contributed by atoms with Gasteiger partial charge in [0.2, 0.25) is 5.28 Å². The van der Waals surface area contributed by atoms with Crippen LogP contribution in [-0.2, 0) is 0 Å². The Morgan fingerprint density at radius 1 is 0.844 bits per heavy atom. The quantitative estimate of drug-likeness (QED) is 0.355. The van der Waals surface area contributed by atoms with Crippen LogP contribution < -0.4 is 10.2 Å². The molecule has 1 aliphatic rings. The molecule has 0 bridgehead atoms. The summed E-state index contributed by atoms with van der Waals surface area (Å²) in [6.07, 6.45) is 0. The fourth-order valence-electron chi connectivity index (χ4n) is 4.29. The number of rotatable bonds is 3. The zero-order valence-corrected chi connectivity index (χ0v) is 18.8. The molecule has 6 rings (SSSR count). The van der Waals surface area contributed by atoms with Gasteiger partial charge in [0, 0.05) is 37.1 Å². The molecule has 0 radical (unpaired) electrons. The number of fused-ring (bicyclic) bond motifs is 3. The number of piperazine rings is 1. The van der Waals surface area contributed by atoms with E-state index in [4.69, 9.17) is 21.6 Å². The maximum Gasteiger partial charge on any atom is 0.224 e. The monoisotopic (exact) mass is 457 g/mol. The van der Waals surface area contributed by atoms with Gasteiger partial charge in [0.15, 0.2) is 5.82 Å². The molecule has 5 aromatic rings. The fourth-order valence-corrected chi connectivity index (χ4v) is 5.61. The summed E-state index contributed by atoms with van der Waals surface area (Å²) in [5.74, 6) is 0.907. The van der Waals surface area contributed by atoms with Gasteiger partial charge in [-0.05, 0) is 28.8 Å². The number of nitrogens with one attached hydrogen (secondary N) is 1. The molecule has 5 nitrogen and oxygen atoms in total. The van der Waals surface area contributed by atoms with E-state index in [2.05, 4.69) is 57.7 Å². The number of pyridine rings is 1. The van der Waals surface area contributed by atoms with Gasteiger partial charge in [0.25, 0.3) is 0 Å². The highest BCUT2D eigenvalue weighted by Gasteiger charge is 2.23. The minimum atomic E-state index is 0.275. The van der Waals surface area contributed by atoms with Gasteiger partial charge in [-0.1, -0.05) is 60.7 Å². The first-order chi connectivity index (χ1) is 15.8. The molecular formula is C25H20ClN5S. The van der Waals surface area contributed by atoms with Crippen molar-refractivity contribution in [3.8, 4) is 22.4 Å². The summed E-state index contributed by atoms with van der Waals surface area (Å²) >= 11 is 8.10. The molecular weight excluding hydrogens is 438 g/mol. The Kier molecular flexibility index (Phi) is 4.98. The van der Waals surface area contributed by atoms with Crippen LogP contribution >= 0.6 is 22.9 Å². The second-order valence-electron chi connectivity index (χ2n) is 7.80. The van der Waals surface area contributed by atoms with E-state index in [0.29, 0.717) is 0 Å². The summed E-state index contributed by atoms with van der Waals surface area (Å²) in [6.45, 7) is 3.65. The molecule has 7 heteroatoms. The lowest BCUT2D eigenvalue weighted by Gasteiger charge is -2.28. The molecule has 3 aromatic heterocycles. The highest BCUT2D eigenvalue weighted by Crippen LogP contribution is 2.43. The number of hydrogen-bond acceptors (Lipinski definition) is 6. The third-order valence-corrected chi connectivity index (χ3v) is 7.05. The van der Waals surface area contributed by atoms with Crippen LogP contribution in [0, 0.1) is 0 Å². The van der Waals surface area contributed by atoms with Crippen molar-refractivity contribution in [2.24, 2.45) is 0 Å². The normalized spacial score (nSPS) is 14.3. The lowest BCUT2D eigenvalue weighted by molar-refractivity contribution is 0.586. The van der Waals surface area contributed by atoms with E-state index in [-0.39, 0.29) is 5.28 Å². The first-order valence-electron chi connectivity index (χ1n) is 10.7. The molecule has 32 heavy (non-hydrogen) atoms. The van der Waals surface area contributed by atoms with Crippen molar-refractivity contribution in [2.75, 3.05) is 31.1 Å². The summed E-state index contributed by atoms with van der Waals surface area (Å²) in [5, 5.41) is 4.72. The molecule has 0 saturated carbocycles. The second kappa shape index (κ2) is 8.13. The van der Waals surface area contributed by atoms with Crippen LogP contribution in [0.3, 0.4) is 0 Å². The maximum absolute atomic E-state index is 6.45. The van der Waals surface area contributed by atoms with E-state index < -0.39 is 0 Å². The zero-order chi connectivity index (χ0) is 21.5. The highest BCUT2D eigenvalue weighted by molar-refractivity contribution is 7.26. The summed E-state index contributed by atoms with van der Waals surface area (Å²) in [7, 11) is 0. The van der Waals surface area contributed by atoms with Crippen molar-refractivity contribution < 1.29 is 0 Å². The third-order valence-electron chi connectivity index (χ3n) is 5.81. The molecule has 4 heterocycles. The molecule has 0 spiro atoms. The van der Waals surface area contributed by atoms with Crippen LogP contribution in [0.25, 0.3) is 42.8 Å². The average molecular weight is 458 g/mol. The van der Waals surface area contributed by atoms with E-state index in [1.54, 1.807) is 11.3 Å². The number of benzene rings is 2. The number of nitrogens with zero attached hydrogens (tertiary/aromatic N) is 4. The van der Waals surface area contributed by atoms with Gasteiger partial charge in [-0.25, -0.2) is 9.97 Å². The smallest absolute Gasteiger partial charge is 0.224 e. The van der Waals surface area contributed by atoms with E-state index >= 15 is 0 Å². The van der Waals surface area contributed by atoms with Crippen molar-refractivity contribution in [2.45, 2.75) is 0 Å². The van der Waals surface area contributed by atoms with Crippen molar-refractivity contribution in [1.82, 2.24) is 20.3 Å². The highest BCUT2D eigenvalue weighted by atomic mass is 35.5. The topological polar surface area (TPSA) is 53.9 Å². The molecule has 0 aliphatic carbocycles. The molecule has 1 saturated heterocycles. The molecule has 0 amide bonds. The predicted molar refractivity (Wildman–Crippen MR) is 134 cm³/mol. The molecule has 2 aromatic carbocycles. The van der Waals surface area contributed by atoms with Crippen molar-refractivity contribution in [1.29, 1.82) is 0 Å². The lowest BCUT2D eigenvalue weighted by Crippen LogP contribution is -2.44. The Morgan fingerprint density at radius 2 is 1.53 bits per heavy atom. The van der Waals surface area contributed by atoms with Crippen molar-refractivity contribution >= 4 is 49.2 Å². The minimum absolute atomic E-state index is 0.275. The summed E-state index contributed by atoms with van der Waals surface area (Å²) in [5.41, 5.74) is 5.17. The number of anilines is 1. The van der Waals surface area contributed by atoms with Gasteiger partial charge in [-0.3, -0.25) is 0 Å². The second-order valence-corrected chi connectivity index (χ2v) is 9.14. The zero-order valence-electron chi connectivity index (χ0n) is 17.3. The van der Waals surface area contributed by atoms with Gasteiger partial charge >= 0.3 is 0 Å². The van der Waals surface area contributed by atoms with Crippen LogP contribution in [-0.4, -0.2) is 41.1 Å². The van der Waals surface area contributed by atoms with Crippen molar-refractivity contribution in [3.05, 3.63) is 72.0 Å². The van der Waals surface area contributed by atoms with Crippen LogP contribution in [0.5, 0.6) is 0 Å². The Labute approximate surface area is 194 Å². The van der Waals surface area contributed by atoms with E-state index in [0.717, 1.165) is 74.8 Å². The Hall–Kier alpha value is -3.06. The maximum atomic E-state index is 6.45. The van der Waals surface area contributed by atoms with Crippen molar-refractivity contribution in [3.63, 3.8) is 0 Å². The van der Waals surface area contributed by atoms with Crippen LogP contribution in [0.1, 0.15) is 0 Å². The molecule has 0 atom stereocenters. The first kappa shape index (κ1) is 19.6. The van der Waals surface area contributed by atoms with E-state index in [9.17, 15) is 0 Å². The van der Waals surface area contributed by atoms with E-state index in [1.165, 1.54) is 0 Å². The number of hydrogen-bond donors (Lipinski definition) is 1. The Balaban J connectivity index is 1.67. The molecule has 0 unspecified atom stereocenters. The number of aromatic nitrogens is 3. The molecule has 1 aliphatic heterocycles. The minimum Gasteiger partial charge on any atom is -0.353 e. The summed E-state index contributed by atoms with van der Waals surface area (Å²) in [6, 6.07) is 22.9. The third kappa shape index (κ3) is 3.41. The first-order valence-corrected chi connectivity index (χ1v) is 11.8. The molecule has 158 valence electrons. The summed E-state index contributed by atoms with van der Waals surface area (Å²) < 4.78 is 1.04. The molecule has 1 fully saturated rings. The van der Waals surface area contributed by atoms with Gasteiger partial charge in [-0.2, -0.15) is 4.98 Å². The van der Waals surface area contributed by atoms with Gasteiger partial charge < -0.3 is 10.2 Å². The largest absolute Gasteiger partial charge is 0.353 e. The predicted octanol–water partition coefficient (Wildman–Crippen LogP) is 5.64. The molecule has 1 N–H and O–H groups in total. The SMILES string of the molecule is Clc1nc(N2CCNCC2)c2sc3nc(-c4ccccc4)cc(-c4ccccc4)c3c2n1. The van der Waals surface area contributed by atoms with Gasteiger partial charge in [-0.15, -0.1) is 11.3 Å². The fraction of sp³-hybridized carbons (Fsp3) is 0.160. The Bertz CT molecular complexity index is 1410. The number of thiophene rings is 1. The number of halogens is 1.